The van der Waals surface area contributed by atoms with E-state index in [4.69, 9.17) is 0 Å². The summed E-state index contributed by atoms with van der Waals surface area (Å²) < 4.78 is 52.7. The Balaban J connectivity index is 2.37. The van der Waals surface area contributed by atoms with Gasteiger partial charge in [-0.25, -0.2) is 0 Å². The molecule has 0 saturated carbocycles. The molecule has 2 rings (SSSR count). The van der Waals surface area contributed by atoms with Crippen LogP contribution in [0.5, 0.6) is 0 Å². The first-order valence-corrected chi connectivity index (χ1v) is 5.45. The third kappa shape index (κ3) is 2.21. The molecule has 0 aliphatic carbocycles. The van der Waals surface area contributed by atoms with Crippen LogP contribution in [0.4, 0.5) is 23.2 Å². The molecule has 1 aromatic heterocycles. The summed E-state index contributed by atoms with van der Waals surface area (Å²) in [6.07, 6.45) is 1.48. The Kier molecular flexibility index (Phi) is 3.22. The fraction of sp³-hybridized carbons (Fsp3) is 0.545. The van der Waals surface area contributed by atoms with Gasteiger partial charge >= 0.3 is 0 Å². The largest absolute Gasteiger partial charge is 0.366 e. The van der Waals surface area contributed by atoms with Crippen LogP contribution in [0.15, 0.2) is 0 Å². The van der Waals surface area contributed by atoms with Gasteiger partial charge in [-0.15, -0.1) is 0 Å². The maximum absolute atomic E-state index is 13.4. The molecule has 1 fully saturated rings. The molecule has 94 valence electrons. The minimum absolute atomic E-state index is 0.387. The summed E-state index contributed by atoms with van der Waals surface area (Å²) in [5.41, 5.74) is -0.637. The summed E-state index contributed by atoms with van der Waals surface area (Å²) in [6, 6.07) is 0. The van der Waals surface area contributed by atoms with E-state index in [9.17, 15) is 17.6 Å². The summed E-state index contributed by atoms with van der Waals surface area (Å²) in [5.74, 6) is -5.58. The molecule has 0 radical (unpaired) electrons. The SMILES string of the molecule is CC1CCN(c2c(F)c(F)nc(F)c2F)CC1. The van der Waals surface area contributed by atoms with E-state index < -0.39 is 29.2 Å². The zero-order valence-electron chi connectivity index (χ0n) is 9.31. The number of anilines is 1. The lowest BCUT2D eigenvalue weighted by Gasteiger charge is -2.32. The predicted molar refractivity (Wildman–Crippen MR) is 54.7 cm³/mol. The second kappa shape index (κ2) is 4.50. The van der Waals surface area contributed by atoms with Crippen LogP contribution >= 0.6 is 0 Å². The van der Waals surface area contributed by atoms with Crippen LogP contribution in [0.25, 0.3) is 0 Å². The molecule has 0 unspecified atom stereocenters. The van der Waals surface area contributed by atoms with Crippen LogP contribution in [-0.4, -0.2) is 18.1 Å². The van der Waals surface area contributed by atoms with E-state index >= 15 is 0 Å². The highest BCUT2D eigenvalue weighted by Crippen LogP contribution is 2.29. The van der Waals surface area contributed by atoms with Crippen LogP contribution in [0, 0.1) is 29.4 Å². The van der Waals surface area contributed by atoms with Gasteiger partial charge < -0.3 is 4.90 Å². The van der Waals surface area contributed by atoms with Crippen molar-refractivity contribution in [2.75, 3.05) is 18.0 Å². The number of hydrogen-bond acceptors (Lipinski definition) is 2. The maximum Gasteiger partial charge on any atom is 0.253 e. The Bertz CT molecular complexity index is 402. The van der Waals surface area contributed by atoms with Crippen LogP contribution in [-0.2, 0) is 0 Å². The zero-order chi connectivity index (χ0) is 12.6. The molecule has 1 aliphatic heterocycles. The van der Waals surface area contributed by atoms with Gasteiger partial charge in [-0.3, -0.25) is 0 Å². The Morgan fingerprint density at radius 1 is 1.00 bits per heavy atom. The maximum atomic E-state index is 13.4. The molecule has 1 aliphatic rings. The molecule has 0 bridgehead atoms. The minimum atomic E-state index is -1.60. The fourth-order valence-corrected chi connectivity index (χ4v) is 1.99. The van der Waals surface area contributed by atoms with Crippen LogP contribution in [0.3, 0.4) is 0 Å². The van der Waals surface area contributed by atoms with Crippen molar-refractivity contribution in [3.63, 3.8) is 0 Å². The summed E-state index contributed by atoms with van der Waals surface area (Å²) >= 11 is 0. The third-order valence-electron chi connectivity index (χ3n) is 3.07. The van der Waals surface area contributed by atoms with Gasteiger partial charge in [0, 0.05) is 13.1 Å². The van der Waals surface area contributed by atoms with E-state index in [1.54, 1.807) is 0 Å². The van der Waals surface area contributed by atoms with Gasteiger partial charge in [0.15, 0.2) is 0 Å². The number of hydrogen-bond donors (Lipinski definition) is 0. The lowest BCUT2D eigenvalue weighted by molar-refractivity contribution is 0.390. The zero-order valence-corrected chi connectivity index (χ0v) is 9.31. The van der Waals surface area contributed by atoms with E-state index in [0.717, 1.165) is 12.8 Å². The van der Waals surface area contributed by atoms with E-state index in [2.05, 4.69) is 4.98 Å². The van der Waals surface area contributed by atoms with Crippen LogP contribution in [0.1, 0.15) is 19.8 Å². The highest BCUT2D eigenvalue weighted by atomic mass is 19.2. The van der Waals surface area contributed by atoms with Gasteiger partial charge in [-0.05, 0) is 18.8 Å². The van der Waals surface area contributed by atoms with Crippen molar-refractivity contribution >= 4 is 5.69 Å². The Morgan fingerprint density at radius 3 is 1.94 bits per heavy atom. The quantitative estimate of drug-likeness (QED) is 0.561. The van der Waals surface area contributed by atoms with E-state index in [1.807, 2.05) is 6.92 Å². The van der Waals surface area contributed by atoms with Crippen molar-refractivity contribution < 1.29 is 17.6 Å². The summed E-state index contributed by atoms with van der Waals surface area (Å²) in [6.45, 7) is 2.80. The highest BCUT2D eigenvalue weighted by molar-refractivity contribution is 5.48. The molecular formula is C11H12F4N2. The summed E-state index contributed by atoms with van der Waals surface area (Å²) in [4.78, 5) is 3.86. The van der Waals surface area contributed by atoms with Crippen molar-refractivity contribution in [2.45, 2.75) is 19.8 Å². The average molecular weight is 248 g/mol. The smallest absolute Gasteiger partial charge is 0.253 e. The number of halogens is 4. The first kappa shape index (κ1) is 12.1. The molecule has 0 amide bonds. The molecule has 0 N–H and O–H groups in total. The second-order valence-electron chi connectivity index (χ2n) is 4.34. The summed E-state index contributed by atoms with van der Waals surface area (Å²) in [7, 11) is 0. The first-order valence-electron chi connectivity index (χ1n) is 5.45. The Hall–Kier alpha value is -1.33. The second-order valence-corrected chi connectivity index (χ2v) is 4.34. The fourth-order valence-electron chi connectivity index (χ4n) is 1.99. The standard InChI is InChI=1S/C11H12F4N2/c1-6-2-4-17(5-3-6)9-7(12)10(14)16-11(15)8(9)13/h6H,2-5H2,1H3. The van der Waals surface area contributed by atoms with Crippen molar-refractivity contribution in [1.29, 1.82) is 0 Å². The number of nitrogens with zero attached hydrogens (tertiary/aromatic N) is 2. The van der Waals surface area contributed by atoms with E-state index in [-0.39, 0.29) is 0 Å². The number of aromatic nitrogens is 1. The predicted octanol–water partition coefficient (Wildman–Crippen LogP) is 2.87. The monoisotopic (exact) mass is 248 g/mol. The molecule has 1 aromatic rings. The molecule has 0 atom stereocenters. The molecule has 0 spiro atoms. The molecule has 1 saturated heterocycles. The molecule has 17 heavy (non-hydrogen) atoms. The molecule has 6 heteroatoms. The van der Waals surface area contributed by atoms with E-state index in [1.165, 1.54) is 4.90 Å². The van der Waals surface area contributed by atoms with Gasteiger partial charge in [0.05, 0.1) is 0 Å². The average Bonchev–Trinajstić information content (AvgIpc) is 2.29. The molecular weight excluding hydrogens is 236 g/mol. The number of piperidine rings is 1. The van der Waals surface area contributed by atoms with Gasteiger partial charge in [-0.1, -0.05) is 6.92 Å². The van der Waals surface area contributed by atoms with Crippen molar-refractivity contribution in [3.8, 4) is 0 Å². The van der Waals surface area contributed by atoms with Gasteiger partial charge in [0.1, 0.15) is 5.69 Å². The number of rotatable bonds is 1. The van der Waals surface area contributed by atoms with Crippen molar-refractivity contribution in [1.82, 2.24) is 4.98 Å². The topological polar surface area (TPSA) is 16.1 Å². The number of pyridine rings is 1. The van der Waals surface area contributed by atoms with Crippen molar-refractivity contribution in [3.05, 3.63) is 23.5 Å². The van der Waals surface area contributed by atoms with Gasteiger partial charge in [-0.2, -0.15) is 22.5 Å². The molecule has 0 aromatic carbocycles. The van der Waals surface area contributed by atoms with Crippen LogP contribution in [0.2, 0.25) is 0 Å². The van der Waals surface area contributed by atoms with Crippen molar-refractivity contribution in [2.24, 2.45) is 5.92 Å². The highest BCUT2D eigenvalue weighted by Gasteiger charge is 2.27. The van der Waals surface area contributed by atoms with Gasteiger partial charge in [0.25, 0.3) is 11.9 Å². The Morgan fingerprint density at radius 2 is 1.47 bits per heavy atom. The van der Waals surface area contributed by atoms with Crippen LogP contribution < -0.4 is 4.90 Å². The minimum Gasteiger partial charge on any atom is -0.366 e. The third-order valence-corrected chi connectivity index (χ3v) is 3.07. The van der Waals surface area contributed by atoms with E-state index in [0.29, 0.717) is 19.0 Å². The lowest BCUT2D eigenvalue weighted by atomic mass is 9.99. The normalized spacial score (nSPS) is 17.6. The lowest BCUT2D eigenvalue weighted by Crippen LogP contribution is -2.34. The molecule has 2 heterocycles. The summed E-state index contributed by atoms with van der Waals surface area (Å²) in [5, 5.41) is 0. The first-order chi connectivity index (χ1) is 8.00. The van der Waals surface area contributed by atoms with Gasteiger partial charge in [0.2, 0.25) is 11.6 Å². The molecule has 2 nitrogen and oxygen atoms in total. The Labute approximate surface area is 96.3 Å².